The zero-order valence-corrected chi connectivity index (χ0v) is 13.2. The van der Waals surface area contributed by atoms with E-state index in [1.165, 1.54) is 0 Å². The quantitative estimate of drug-likeness (QED) is 0.681. The van der Waals surface area contributed by atoms with Gasteiger partial charge in [-0.1, -0.05) is 19.1 Å². The Bertz CT molecular complexity index is 503. The number of ether oxygens (including phenoxy) is 1. The van der Waals surface area contributed by atoms with Gasteiger partial charge in [0, 0.05) is 19.2 Å². The third kappa shape index (κ3) is 5.20. The minimum atomic E-state index is -3.47. The number of hydrogen-bond donors (Lipinski definition) is 2. The lowest BCUT2D eigenvalue weighted by Gasteiger charge is -2.14. The molecule has 0 saturated heterocycles. The molecule has 0 aliphatic heterocycles. The average molecular weight is 300 g/mol. The molecule has 0 amide bonds. The van der Waals surface area contributed by atoms with Crippen LogP contribution in [0.15, 0.2) is 29.2 Å². The summed E-state index contributed by atoms with van der Waals surface area (Å²) < 4.78 is 31.9. The maximum absolute atomic E-state index is 12.1. The van der Waals surface area contributed by atoms with Gasteiger partial charge in [-0.25, -0.2) is 13.1 Å². The molecule has 1 rings (SSSR count). The summed E-state index contributed by atoms with van der Waals surface area (Å²) in [4.78, 5) is 0.288. The molecule has 1 atom stereocenters. The number of rotatable bonds is 9. The van der Waals surface area contributed by atoms with Gasteiger partial charge in [0.1, 0.15) is 0 Å². The second-order valence-electron chi connectivity index (χ2n) is 4.45. The minimum Gasteiger partial charge on any atom is -0.380 e. The van der Waals surface area contributed by atoms with E-state index < -0.39 is 10.0 Å². The fourth-order valence-corrected chi connectivity index (χ4v) is 2.92. The predicted molar refractivity (Wildman–Crippen MR) is 80.2 cm³/mol. The molecule has 0 spiro atoms. The molecule has 5 nitrogen and oxygen atoms in total. The Hall–Kier alpha value is -0.950. The van der Waals surface area contributed by atoms with Crippen LogP contribution in [-0.2, 0) is 14.8 Å². The summed E-state index contributed by atoms with van der Waals surface area (Å²) in [5, 5.41) is 3.27. The Morgan fingerprint density at radius 1 is 1.30 bits per heavy atom. The van der Waals surface area contributed by atoms with Crippen LogP contribution in [0.2, 0.25) is 0 Å². The summed E-state index contributed by atoms with van der Waals surface area (Å²) in [5.41, 5.74) is 0.958. The monoisotopic (exact) mass is 300 g/mol. The van der Waals surface area contributed by atoms with Crippen LogP contribution in [0.5, 0.6) is 0 Å². The van der Waals surface area contributed by atoms with Gasteiger partial charge >= 0.3 is 0 Å². The topological polar surface area (TPSA) is 67.4 Å². The fraction of sp³-hybridized carbons (Fsp3) is 0.571. The molecule has 0 aliphatic carbocycles. The first-order valence-electron chi connectivity index (χ1n) is 6.92. The Labute approximate surface area is 121 Å². The Kier molecular flexibility index (Phi) is 7.15. The zero-order chi connectivity index (χ0) is 15.0. The van der Waals surface area contributed by atoms with Crippen molar-refractivity contribution in [3.05, 3.63) is 29.8 Å². The highest BCUT2D eigenvalue weighted by Gasteiger charge is 2.15. The molecule has 1 aromatic rings. The van der Waals surface area contributed by atoms with Gasteiger partial charge in [-0.15, -0.1) is 0 Å². The molecule has 6 heteroatoms. The van der Waals surface area contributed by atoms with E-state index in [1.807, 2.05) is 26.8 Å². The fourth-order valence-electron chi connectivity index (χ4n) is 1.85. The molecule has 2 N–H and O–H groups in total. The van der Waals surface area contributed by atoms with Gasteiger partial charge in [0.2, 0.25) is 10.0 Å². The van der Waals surface area contributed by atoms with Crippen molar-refractivity contribution in [3.63, 3.8) is 0 Å². The lowest BCUT2D eigenvalue weighted by Crippen LogP contribution is -2.27. The van der Waals surface area contributed by atoms with E-state index >= 15 is 0 Å². The molecular formula is C14H24N2O3S. The van der Waals surface area contributed by atoms with Crippen molar-refractivity contribution in [1.82, 2.24) is 10.0 Å². The van der Waals surface area contributed by atoms with Crippen LogP contribution in [0.3, 0.4) is 0 Å². The summed E-state index contributed by atoms with van der Waals surface area (Å²) in [6, 6.07) is 7.12. The summed E-state index contributed by atoms with van der Waals surface area (Å²) in [6.45, 7) is 7.98. The molecule has 0 fully saturated rings. The van der Waals surface area contributed by atoms with Gasteiger partial charge in [0.15, 0.2) is 0 Å². The second-order valence-corrected chi connectivity index (χ2v) is 6.21. The largest absolute Gasteiger partial charge is 0.380 e. The zero-order valence-electron chi connectivity index (χ0n) is 12.3. The third-order valence-electron chi connectivity index (χ3n) is 2.92. The van der Waals surface area contributed by atoms with Crippen LogP contribution in [0, 0.1) is 0 Å². The first-order valence-corrected chi connectivity index (χ1v) is 8.40. The van der Waals surface area contributed by atoms with Crippen LogP contribution >= 0.6 is 0 Å². The number of hydrogen-bond acceptors (Lipinski definition) is 4. The number of nitrogens with one attached hydrogen (secondary N) is 2. The standard InChI is InChI=1S/C14H24N2O3S/c1-4-15-12(3)13-7-6-8-14(11-13)20(17,18)16-9-10-19-5-2/h6-8,11-12,15-16H,4-5,9-10H2,1-3H3. The van der Waals surface area contributed by atoms with Gasteiger partial charge in [-0.2, -0.15) is 0 Å². The van der Waals surface area contributed by atoms with E-state index in [2.05, 4.69) is 10.0 Å². The van der Waals surface area contributed by atoms with E-state index in [-0.39, 0.29) is 17.5 Å². The smallest absolute Gasteiger partial charge is 0.240 e. The maximum Gasteiger partial charge on any atom is 0.240 e. The van der Waals surface area contributed by atoms with E-state index in [1.54, 1.807) is 18.2 Å². The van der Waals surface area contributed by atoms with Gasteiger partial charge in [-0.05, 0) is 38.1 Å². The lowest BCUT2D eigenvalue weighted by molar-refractivity contribution is 0.153. The maximum atomic E-state index is 12.1. The Morgan fingerprint density at radius 3 is 2.70 bits per heavy atom. The van der Waals surface area contributed by atoms with Gasteiger partial charge in [0.05, 0.1) is 11.5 Å². The second kappa shape index (κ2) is 8.36. The summed E-state index contributed by atoms with van der Waals surface area (Å²) in [7, 11) is -3.47. The summed E-state index contributed by atoms with van der Waals surface area (Å²) >= 11 is 0. The van der Waals surface area contributed by atoms with Crippen molar-refractivity contribution in [3.8, 4) is 0 Å². The molecule has 0 radical (unpaired) electrons. The van der Waals surface area contributed by atoms with Gasteiger partial charge < -0.3 is 10.1 Å². The minimum absolute atomic E-state index is 0.124. The average Bonchev–Trinajstić information content (AvgIpc) is 2.44. The molecule has 1 unspecified atom stereocenters. The molecule has 0 aromatic heterocycles. The molecule has 0 saturated carbocycles. The molecule has 1 aromatic carbocycles. The van der Waals surface area contributed by atoms with Crippen molar-refractivity contribution in [2.75, 3.05) is 26.3 Å². The van der Waals surface area contributed by atoms with Crippen LogP contribution < -0.4 is 10.0 Å². The van der Waals surface area contributed by atoms with Crippen LogP contribution in [0.25, 0.3) is 0 Å². The van der Waals surface area contributed by atoms with Crippen LogP contribution in [-0.4, -0.2) is 34.7 Å². The molecule has 20 heavy (non-hydrogen) atoms. The predicted octanol–water partition coefficient (Wildman–Crippen LogP) is 1.67. The SMILES string of the molecule is CCNC(C)c1cccc(S(=O)(=O)NCCOCC)c1. The lowest BCUT2D eigenvalue weighted by atomic mass is 10.1. The first kappa shape index (κ1) is 17.1. The molecule has 114 valence electrons. The molecule has 0 aliphatic rings. The molecule has 0 bridgehead atoms. The van der Waals surface area contributed by atoms with Crippen molar-refractivity contribution in [2.45, 2.75) is 31.7 Å². The molecular weight excluding hydrogens is 276 g/mol. The normalized spacial score (nSPS) is 13.3. The van der Waals surface area contributed by atoms with Crippen molar-refractivity contribution in [1.29, 1.82) is 0 Å². The van der Waals surface area contributed by atoms with E-state index in [0.29, 0.717) is 13.2 Å². The van der Waals surface area contributed by atoms with Gasteiger partial charge in [-0.3, -0.25) is 0 Å². The number of sulfonamides is 1. The van der Waals surface area contributed by atoms with E-state index in [4.69, 9.17) is 4.74 Å². The number of benzene rings is 1. The van der Waals surface area contributed by atoms with Crippen LogP contribution in [0.1, 0.15) is 32.4 Å². The highest BCUT2D eigenvalue weighted by molar-refractivity contribution is 7.89. The van der Waals surface area contributed by atoms with E-state index in [0.717, 1.165) is 12.1 Å². The summed E-state index contributed by atoms with van der Waals surface area (Å²) in [6.07, 6.45) is 0. The highest BCUT2D eigenvalue weighted by atomic mass is 32.2. The van der Waals surface area contributed by atoms with Crippen LogP contribution in [0.4, 0.5) is 0 Å². The summed E-state index contributed by atoms with van der Waals surface area (Å²) in [5.74, 6) is 0. The van der Waals surface area contributed by atoms with Gasteiger partial charge in [0.25, 0.3) is 0 Å². The highest BCUT2D eigenvalue weighted by Crippen LogP contribution is 2.17. The Balaban J connectivity index is 2.77. The third-order valence-corrected chi connectivity index (χ3v) is 4.38. The Morgan fingerprint density at radius 2 is 2.05 bits per heavy atom. The molecule has 0 heterocycles. The van der Waals surface area contributed by atoms with E-state index in [9.17, 15) is 8.42 Å². The van der Waals surface area contributed by atoms with Crippen molar-refractivity contribution >= 4 is 10.0 Å². The van der Waals surface area contributed by atoms with Crippen molar-refractivity contribution < 1.29 is 13.2 Å². The first-order chi connectivity index (χ1) is 9.51. The van der Waals surface area contributed by atoms with Crippen molar-refractivity contribution in [2.24, 2.45) is 0 Å².